The van der Waals surface area contributed by atoms with E-state index in [0.29, 0.717) is 62.0 Å². The van der Waals surface area contributed by atoms with E-state index >= 15 is 0 Å². The van der Waals surface area contributed by atoms with Gasteiger partial charge in [-0.2, -0.15) is 15.3 Å². The van der Waals surface area contributed by atoms with Gasteiger partial charge in [-0.1, -0.05) is 25.4 Å². The first-order valence-corrected chi connectivity index (χ1v) is 22.9. The summed E-state index contributed by atoms with van der Waals surface area (Å²) < 4.78 is 52.6. The second kappa shape index (κ2) is 16.3. The highest BCUT2D eigenvalue weighted by Crippen LogP contribution is 2.27. The van der Waals surface area contributed by atoms with Gasteiger partial charge in [-0.25, -0.2) is 35.4 Å². The SMILES string of the molecule is CC(C)c1cnnc(Nc2ccc3ncc(-c4cnn(CC5CN(S(C)(=O)=O)C5)c4)cc3n2)c1.CS(=O)(=O)N1CC(Cn2cc(-c3cnc4ccc(Cl)nc4c3)cn2)C1. The molecule has 20 heteroatoms. The monoisotopic (exact) mass is 855 g/mol. The zero-order valence-electron chi connectivity index (χ0n) is 32.8. The third kappa shape index (κ3) is 9.55. The van der Waals surface area contributed by atoms with Crippen LogP contribution in [0.3, 0.4) is 0 Å². The molecule has 0 aromatic carbocycles. The van der Waals surface area contributed by atoms with Crippen LogP contribution >= 0.6 is 11.6 Å². The van der Waals surface area contributed by atoms with E-state index in [-0.39, 0.29) is 11.8 Å². The molecule has 17 nitrogen and oxygen atoms in total. The summed E-state index contributed by atoms with van der Waals surface area (Å²) in [7, 11) is -6.18. The summed E-state index contributed by atoms with van der Waals surface area (Å²) in [5.41, 5.74) is 7.88. The molecule has 0 atom stereocenters. The van der Waals surface area contributed by atoms with E-state index in [1.54, 1.807) is 30.9 Å². The van der Waals surface area contributed by atoms with Crippen LogP contribution in [0.15, 0.2) is 85.8 Å². The topological polar surface area (TPSA) is 200 Å². The van der Waals surface area contributed by atoms with Crippen molar-refractivity contribution in [3.8, 4) is 22.3 Å². The summed E-state index contributed by atoms with van der Waals surface area (Å²) in [6, 6.07) is 13.2. The lowest BCUT2D eigenvalue weighted by atomic mass is 10.0. The summed E-state index contributed by atoms with van der Waals surface area (Å²) in [5.74, 6) is 2.23. The fourth-order valence-corrected chi connectivity index (χ4v) is 8.92. The van der Waals surface area contributed by atoms with Crippen molar-refractivity contribution < 1.29 is 16.8 Å². The first-order valence-electron chi connectivity index (χ1n) is 18.9. The van der Waals surface area contributed by atoms with Crippen LogP contribution in [-0.4, -0.2) is 114 Å². The third-order valence-corrected chi connectivity index (χ3v) is 12.9. The quantitative estimate of drug-likeness (QED) is 0.169. The van der Waals surface area contributed by atoms with Gasteiger partial charge in [-0.15, -0.1) is 5.10 Å². The Morgan fingerprint density at radius 2 is 1.19 bits per heavy atom. The molecular weight excluding hydrogens is 814 g/mol. The predicted octanol–water partition coefficient (Wildman–Crippen LogP) is 5.08. The smallest absolute Gasteiger partial charge is 0.211 e. The molecule has 0 spiro atoms. The first kappa shape index (κ1) is 40.3. The minimum Gasteiger partial charge on any atom is -0.323 e. The molecule has 59 heavy (non-hydrogen) atoms. The van der Waals surface area contributed by atoms with Gasteiger partial charge in [-0.05, 0) is 53.9 Å². The Morgan fingerprint density at radius 1 is 0.661 bits per heavy atom. The fourth-order valence-electron chi connectivity index (χ4n) is 6.84. The van der Waals surface area contributed by atoms with Crippen LogP contribution in [0.2, 0.25) is 5.15 Å². The van der Waals surface area contributed by atoms with Crippen molar-refractivity contribution in [1.82, 2.24) is 58.3 Å². The molecule has 9 heterocycles. The number of fused-ring (bicyclic) bond motifs is 2. The van der Waals surface area contributed by atoms with Crippen molar-refractivity contribution >= 4 is 65.4 Å². The zero-order chi connectivity index (χ0) is 41.5. The number of sulfonamides is 2. The van der Waals surface area contributed by atoms with Gasteiger partial charge in [0.2, 0.25) is 20.0 Å². The summed E-state index contributed by atoms with van der Waals surface area (Å²) in [6.45, 7) is 7.77. The Hall–Kier alpha value is -5.47. The maximum Gasteiger partial charge on any atom is 0.211 e. The highest BCUT2D eigenvalue weighted by Gasteiger charge is 2.34. The van der Waals surface area contributed by atoms with Gasteiger partial charge in [0.25, 0.3) is 0 Å². The lowest BCUT2D eigenvalue weighted by Crippen LogP contribution is -2.50. The average Bonchev–Trinajstić information content (AvgIpc) is 3.83. The van der Waals surface area contributed by atoms with Gasteiger partial charge in [-0.3, -0.25) is 19.3 Å². The molecule has 9 rings (SSSR count). The van der Waals surface area contributed by atoms with E-state index in [1.165, 1.54) is 21.1 Å². The Bertz CT molecular complexity index is 2880. The second-order valence-corrected chi connectivity index (χ2v) is 19.7. The summed E-state index contributed by atoms with van der Waals surface area (Å²) >= 11 is 5.94. The lowest BCUT2D eigenvalue weighted by molar-refractivity contribution is 0.176. The molecule has 0 bridgehead atoms. The van der Waals surface area contributed by atoms with Gasteiger partial charge < -0.3 is 5.32 Å². The van der Waals surface area contributed by atoms with Crippen LogP contribution in [-0.2, 0) is 33.1 Å². The van der Waals surface area contributed by atoms with E-state index in [2.05, 4.69) is 54.5 Å². The Kier molecular flexibility index (Phi) is 11.1. The zero-order valence-corrected chi connectivity index (χ0v) is 35.1. The molecule has 0 radical (unpaired) electrons. The highest BCUT2D eigenvalue weighted by molar-refractivity contribution is 7.88. The Morgan fingerprint density at radius 3 is 1.71 bits per heavy atom. The van der Waals surface area contributed by atoms with Crippen molar-refractivity contribution in [2.75, 3.05) is 44.0 Å². The number of halogens is 1. The van der Waals surface area contributed by atoms with Crippen LogP contribution in [0.1, 0.15) is 25.3 Å². The van der Waals surface area contributed by atoms with E-state index < -0.39 is 20.0 Å². The van der Waals surface area contributed by atoms with Crippen molar-refractivity contribution in [3.05, 3.63) is 96.6 Å². The molecule has 2 saturated heterocycles. The number of pyridine rings is 4. The first-order chi connectivity index (χ1) is 28.1. The molecule has 7 aromatic rings. The number of anilines is 2. The largest absolute Gasteiger partial charge is 0.323 e. The second-order valence-electron chi connectivity index (χ2n) is 15.3. The van der Waals surface area contributed by atoms with Gasteiger partial charge in [0.1, 0.15) is 11.0 Å². The molecule has 0 saturated carbocycles. The molecule has 0 aliphatic carbocycles. The maximum atomic E-state index is 11.6. The molecule has 2 aliphatic heterocycles. The summed E-state index contributed by atoms with van der Waals surface area (Å²) in [6.07, 6.45) is 15.3. The number of hydrogen-bond acceptors (Lipinski definition) is 13. The number of aromatic nitrogens is 10. The normalized spacial score (nSPS) is 15.6. The molecule has 0 unspecified atom stereocenters. The minimum atomic E-state index is -3.10. The average molecular weight is 856 g/mol. The number of nitrogens with one attached hydrogen (secondary N) is 1. The van der Waals surface area contributed by atoms with Gasteiger partial charge >= 0.3 is 0 Å². The molecule has 2 fully saturated rings. The highest BCUT2D eigenvalue weighted by atomic mass is 35.5. The van der Waals surface area contributed by atoms with Gasteiger partial charge in [0.15, 0.2) is 5.82 Å². The van der Waals surface area contributed by atoms with Crippen molar-refractivity contribution in [3.63, 3.8) is 0 Å². The van der Waals surface area contributed by atoms with E-state index in [4.69, 9.17) is 16.6 Å². The minimum absolute atomic E-state index is 0.268. The van der Waals surface area contributed by atoms with E-state index in [9.17, 15) is 16.8 Å². The van der Waals surface area contributed by atoms with E-state index in [0.717, 1.165) is 49.9 Å². The molecular formula is C39H42ClN13O4S2. The third-order valence-electron chi connectivity index (χ3n) is 10.2. The Balaban J connectivity index is 0.000000172. The number of nitrogens with zero attached hydrogens (tertiary/aromatic N) is 12. The summed E-state index contributed by atoms with van der Waals surface area (Å²) in [5, 5.41) is 20.7. The van der Waals surface area contributed by atoms with Crippen LogP contribution < -0.4 is 5.32 Å². The molecule has 306 valence electrons. The van der Waals surface area contributed by atoms with E-state index in [1.807, 2.05) is 64.4 Å². The fraction of sp³-hybridized carbons (Fsp3) is 0.333. The maximum absolute atomic E-state index is 11.6. The lowest BCUT2D eigenvalue weighted by Gasteiger charge is -2.36. The molecule has 0 amide bonds. The van der Waals surface area contributed by atoms with Crippen molar-refractivity contribution in [2.24, 2.45) is 11.8 Å². The number of hydrogen-bond donors (Lipinski definition) is 1. The van der Waals surface area contributed by atoms with Crippen molar-refractivity contribution in [2.45, 2.75) is 32.9 Å². The van der Waals surface area contributed by atoms with Crippen LogP contribution in [0.4, 0.5) is 11.6 Å². The molecule has 1 N–H and O–H groups in total. The van der Waals surface area contributed by atoms with Gasteiger partial charge in [0.05, 0.1) is 53.2 Å². The standard InChI is InChI=1S/C23H26N8O2S.C16H16ClN5O2S/c1-15(2)17-7-23(29-25-9-17)28-22-5-4-20-21(27-22)6-18(8-24-20)19-10-26-30(14-19)11-16-12-31(13-16)34(3,32)33;1-25(23,24)22-8-11(9-22)7-21-10-13(6-19-21)12-4-15-14(18-5-12)2-3-16(17)20-15/h4-10,14-16H,11-13H2,1-3H3,(H,27,28,29);2-6,10-11H,7-9H2,1H3. The van der Waals surface area contributed by atoms with Gasteiger partial charge in [0, 0.05) is 98.1 Å². The number of rotatable bonds is 11. The Labute approximate surface area is 346 Å². The van der Waals surface area contributed by atoms with Crippen LogP contribution in [0.5, 0.6) is 0 Å². The van der Waals surface area contributed by atoms with Crippen LogP contribution in [0.25, 0.3) is 44.3 Å². The molecule has 2 aliphatic rings. The predicted molar refractivity (Wildman–Crippen MR) is 226 cm³/mol. The summed E-state index contributed by atoms with van der Waals surface area (Å²) in [4.78, 5) is 17.9. The van der Waals surface area contributed by atoms with Crippen molar-refractivity contribution in [1.29, 1.82) is 0 Å². The molecule has 7 aromatic heterocycles. The van der Waals surface area contributed by atoms with Crippen LogP contribution in [0, 0.1) is 11.8 Å².